The SMILES string of the molecule is Nc1ncc(C#Cc2ccc(Cl)c(Cl)c2)c(N[C@H]2CC[C@H](O)CC2)n1. The maximum absolute atomic E-state index is 9.63. The van der Waals surface area contributed by atoms with Gasteiger partial charge in [-0.2, -0.15) is 4.98 Å². The Morgan fingerprint density at radius 1 is 1.12 bits per heavy atom. The Hall–Kier alpha value is -2.00. The highest BCUT2D eigenvalue weighted by molar-refractivity contribution is 6.42. The van der Waals surface area contributed by atoms with E-state index < -0.39 is 0 Å². The van der Waals surface area contributed by atoms with Crippen LogP contribution in [0, 0.1) is 11.8 Å². The molecule has 7 heteroatoms. The van der Waals surface area contributed by atoms with Gasteiger partial charge >= 0.3 is 0 Å². The molecule has 0 aliphatic heterocycles. The third-order valence-electron chi connectivity index (χ3n) is 4.11. The molecule has 4 N–H and O–H groups in total. The van der Waals surface area contributed by atoms with Crippen LogP contribution in [-0.4, -0.2) is 27.2 Å². The number of nitrogens with zero attached hydrogens (tertiary/aromatic N) is 2. The molecule has 1 aromatic heterocycles. The van der Waals surface area contributed by atoms with Gasteiger partial charge in [-0.25, -0.2) is 4.98 Å². The molecular formula is C18H18Cl2N4O. The van der Waals surface area contributed by atoms with Crippen molar-refractivity contribution in [1.29, 1.82) is 0 Å². The second-order valence-corrected chi connectivity index (χ2v) is 6.83. The number of rotatable bonds is 2. The third-order valence-corrected chi connectivity index (χ3v) is 4.85. The zero-order chi connectivity index (χ0) is 17.8. The molecule has 130 valence electrons. The predicted octanol–water partition coefficient (Wildman–Crippen LogP) is 3.48. The molecule has 3 rings (SSSR count). The number of anilines is 2. The van der Waals surface area contributed by atoms with Crippen molar-refractivity contribution in [3.05, 3.63) is 45.6 Å². The third kappa shape index (κ3) is 4.76. The zero-order valence-corrected chi connectivity index (χ0v) is 15.0. The number of aromatic nitrogens is 2. The molecule has 1 heterocycles. The second-order valence-electron chi connectivity index (χ2n) is 6.02. The van der Waals surface area contributed by atoms with Crippen LogP contribution in [0.4, 0.5) is 11.8 Å². The van der Waals surface area contributed by atoms with Crippen LogP contribution >= 0.6 is 23.2 Å². The van der Waals surface area contributed by atoms with E-state index in [1.54, 1.807) is 24.4 Å². The molecule has 0 radical (unpaired) electrons. The first-order valence-corrected chi connectivity index (χ1v) is 8.81. The van der Waals surface area contributed by atoms with Crippen LogP contribution < -0.4 is 11.1 Å². The maximum atomic E-state index is 9.63. The number of benzene rings is 1. The molecule has 0 bridgehead atoms. The van der Waals surface area contributed by atoms with Crippen molar-refractivity contribution in [2.45, 2.75) is 37.8 Å². The van der Waals surface area contributed by atoms with E-state index in [0.717, 1.165) is 31.2 Å². The van der Waals surface area contributed by atoms with Crippen molar-refractivity contribution in [1.82, 2.24) is 9.97 Å². The van der Waals surface area contributed by atoms with Gasteiger partial charge in [0, 0.05) is 11.6 Å². The van der Waals surface area contributed by atoms with Crippen molar-refractivity contribution in [3.63, 3.8) is 0 Å². The van der Waals surface area contributed by atoms with E-state index in [1.807, 2.05) is 0 Å². The van der Waals surface area contributed by atoms with Gasteiger partial charge in [-0.1, -0.05) is 35.0 Å². The molecule has 0 unspecified atom stereocenters. The lowest BCUT2D eigenvalue weighted by Gasteiger charge is -2.26. The van der Waals surface area contributed by atoms with E-state index in [2.05, 4.69) is 27.1 Å². The maximum Gasteiger partial charge on any atom is 0.222 e. The summed E-state index contributed by atoms with van der Waals surface area (Å²) in [6.07, 6.45) is 4.72. The van der Waals surface area contributed by atoms with Gasteiger partial charge < -0.3 is 16.2 Å². The summed E-state index contributed by atoms with van der Waals surface area (Å²) in [5.74, 6) is 6.90. The molecule has 0 saturated heterocycles. The lowest BCUT2D eigenvalue weighted by Crippen LogP contribution is -2.29. The highest BCUT2D eigenvalue weighted by Crippen LogP contribution is 2.24. The summed E-state index contributed by atoms with van der Waals surface area (Å²) in [6, 6.07) is 5.46. The number of hydrogen-bond acceptors (Lipinski definition) is 5. The van der Waals surface area contributed by atoms with Gasteiger partial charge in [-0.15, -0.1) is 0 Å². The fraction of sp³-hybridized carbons (Fsp3) is 0.333. The first-order chi connectivity index (χ1) is 12.0. The number of hydrogen-bond donors (Lipinski definition) is 3. The van der Waals surface area contributed by atoms with Crippen LogP contribution in [0.15, 0.2) is 24.4 Å². The van der Waals surface area contributed by atoms with Crippen LogP contribution in [0.3, 0.4) is 0 Å². The van der Waals surface area contributed by atoms with Crippen molar-refractivity contribution in [3.8, 4) is 11.8 Å². The van der Waals surface area contributed by atoms with Crippen LogP contribution in [0.2, 0.25) is 10.0 Å². The zero-order valence-electron chi connectivity index (χ0n) is 13.5. The molecule has 2 aromatic rings. The summed E-state index contributed by atoms with van der Waals surface area (Å²) >= 11 is 11.9. The van der Waals surface area contributed by atoms with Crippen molar-refractivity contribution in [2.75, 3.05) is 11.1 Å². The van der Waals surface area contributed by atoms with E-state index in [4.69, 9.17) is 28.9 Å². The molecule has 1 saturated carbocycles. The van der Waals surface area contributed by atoms with Crippen molar-refractivity contribution >= 4 is 35.0 Å². The highest BCUT2D eigenvalue weighted by Gasteiger charge is 2.20. The van der Waals surface area contributed by atoms with E-state index in [-0.39, 0.29) is 18.1 Å². The van der Waals surface area contributed by atoms with Crippen LogP contribution in [0.25, 0.3) is 0 Å². The van der Waals surface area contributed by atoms with Crippen LogP contribution in [0.5, 0.6) is 0 Å². The molecule has 0 atom stereocenters. The lowest BCUT2D eigenvalue weighted by atomic mass is 9.93. The summed E-state index contributed by atoms with van der Waals surface area (Å²) in [5.41, 5.74) is 7.12. The fourth-order valence-corrected chi connectivity index (χ4v) is 3.02. The number of nitrogens with one attached hydrogen (secondary N) is 1. The Morgan fingerprint density at radius 3 is 2.60 bits per heavy atom. The van der Waals surface area contributed by atoms with E-state index in [0.29, 0.717) is 21.4 Å². The Balaban J connectivity index is 1.82. The Morgan fingerprint density at radius 2 is 1.88 bits per heavy atom. The standard InChI is InChI=1S/C18H18Cl2N4O/c19-15-8-2-11(9-16(15)20)1-3-12-10-22-18(21)24-17(12)23-13-4-6-14(25)7-5-13/h2,8-10,13-14,25H,4-7H2,(H3,21,22,23,24)/t13-,14-. The number of halogens is 2. The minimum atomic E-state index is -0.206. The summed E-state index contributed by atoms with van der Waals surface area (Å²) in [5, 5.41) is 14.0. The van der Waals surface area contributed by atoms with Gasteiger partial charge in [0.15, 0.2) is 0 Å². The van der Waals surface area contributed by atoms with Crippen molar-refractivity contribution in [2.24, 2.45) is 0 Å². The van der Waals surface area contributed by atoms with Gasteiger partial charge in [0.25, 0.3) is 0 Å². The van der Waals surface area contributed by atoms with E-state index in [1.165, 1.54) is 0 Å². The first kappa shape index (κ1) is 17.8. The number of nitrogen functional groups attached to an aromatic ring is 1. The average molecular weight is 377 g/mol. The average Bonchev–Trinajstić information content (AvgIpc) is 2.59. The largest absolute Gasteiger partial charge is 0.393 e. The predicted molar refractivity (Wildman–Crippen MR) is 101 cm³/mol. The van der Waals surface area contributed by atoms with Crippen LogP contribution in [0.1, 0.15) is 36.8 Å². The Labute approximate surface area is 156 Å². The van der Waals surface area contributed by atoms with Gasteiger partial charge in [0.05, 0.1) is 27.9 Å². The second kappa shape index (κ2) is 7.92. The van der Waals surface area contributed by atoms with Crippen molar-refractivity contribution < 1.29 is 5.11 Å². The fourth-order valence-electron chi connectivity index (χ4n) is 2.72. The van der Waals surface area contributed by atoms with Gasteiger partial charge in [-0.05, 0) is 43.9 Å². The normalized spacial score (nSPS) is 19.8. The van der Waals surface area contributed by atoms with E-state index in [9.17, 15) is 5.11 Å². The lowest BCUT2D eigenvalue weighted by molar-refractivity contribution is 0.126. The minimum absolute atomic E-state index is 0.193. The molecule has 0 spiro atoms. The smallest absolute Gasteiger partial charge is 0.222 e. The molecule has 25 heavy (non-hydrogen) atoms. The molecule has 1 fully saturated rings. The summed E-state index contributed by atoms with van der Waals surface area (Å²) in [7, 11) is 0. The van der Waals surface area contributed by atoms with Gasteiger partial charge in [0.1, 0.15) is 5.82 Å². The topological polar surface area (TPSA) is 84.1 Å². The molecular weight excluding hydrogens is 359 g/mol. The Kier molecular flexibility index (Phi) is 5.64. The van der Waals surface area contributed by atoms with Gasteiger partial charge in [0.2, 0.25) is 5.95 Å². The summed E-state index contributed by atoms with van der Waals surface area (Å²) in [4.78, 5) is 8.30. The monoisotopic (exact) mass is 376 g/mol. The number of aliphatic hydroxyl groups is 1. The van der Waals surface area contributed by atoms with Gasteiger partial charge in [-0.3, -0.25) is 0 Å². The molecule has 1 aromatic carbocycles. The molecule has 0 amide bonds. The number of aliphatic hydroxyl groups excluding tert-OH is 1. The Bertz CT molecular complexity index is 824. The van der Waals surface area contributed by atoms with E-state index >= 15 is 0 Å². The minimum Gasteiger partial charge on any atom is -0.393 e. The first-order valence-electron chi connectivity index (χ1n) is 8.05. The summed E-state index contributed by atoms with van der Waals surface area (Å²) in [6.45, 7) is 0. The highest BCUT2D eigenvalue weighted by atomic mass is 35.5. The number of nitrogens with two attached hydrogens (primary N) is 1. The molecule has 1 aliphatic carbocycles. The molecule has 5 nitrogen and oxygen atoms in total. The quantitative estimate of drug-likeness (QED) is 0.698. The molecule has 1 aliphatic rings. The van der Waals surface area contributed by atoms with Crippen LogP contribution in [-0.2, 0) is 0 Å². The summed E-state index contributed by atoms with van der Waals surface area (Å²) < 4.78 is 0.